The van der Waals surface area contributed by atoms with Crippen LogP contribution in [0.25, 0.3) is 0 Å². The molecule has 1 heterocycles. The standard InChI is InChI=1S/C32H53NO13/c1-2-36-9-10-38-13-14-40-17-18-42-21-22-44-25-26-46-28-27-45-24-23-43-20-19-41-16-15-39-12-11-37-8-7-33-31(34)29-5-3-4-6-30(29)32(33)35/h3-6H,2,7-28H2,1H3. The summed E-state index contributed by atoms with van der Waals surface area (Å²) in [5.74, 6) is -0.554. The first-order valence-electron chi connectivity index (χ1n) is 16.1. The lowest BCUT2D eigenvalue weighted by atomic mass is 10.1. The van der Waals surface area contributed by atoms with E-state index in [2.05, 4.69) is 0 Å². The third kappa shape index (κ3) is 19.6. The first-order valence-corrected chi connectivity index (χ1v) is 16.1. The number of imide groups is 1. The van der Waals surface area contributed by atoms with Crippen molar-refractivity contribution in [3.63, 3.8) is 0 Å². The van der Waals surface area contributed by atoms with Crippen LogP contribution in [-0.4, -0.2) is 169 Å². The molecule has 46 heavy (non-hydrogen) atoms. The van der Waals surface area contributed by atoms with Crippen molar-refractivity contribution in [1.29, 1.82) is 0 Å². The maximum Gasteiger partial charge on any atom is 0.261 e. The molecule has 0 atom stereocenters. The van der Waals surface area contributed by atoms with Crippen LogP contribution in [0.5, 0.6) is 0 Å². The van der Waals surface area contributed by atoms with Gasteiger partial charge in [0.1, 0.15) is 0 Å². The SMILES string of the molecule is CCOCCOCCOCCOCCOCCOCCOCCOCCOCCOCCOCCN1C(=O)c2ccccc2C1=O. The van der Waals surface area contributed by atoms with Gasteiger partial charge < -0.3 is 52.1 Å². The van der Waals surface area contributed by atoms with Gasteiger partial charge in [-0.05, 0) is 19.1 Å². The van der Waals surface area contributed by atoms with Crippen molar-refractivity contribution in [1.82, 2.24) is 4.90 Å². The summed E-state index contributed by atoms with van der Waals surface area (Å²) in [6, 6.07) is 6.82. The van der Waals surface area contributed by atoms with Gasteiger partial charge in [-0.25, -0.2) is 0 Å². The average Bonchev–Trinajstić information content (AvgIpc) is 3.31. The maximum atomic E-state index is 12.3. The number of amides is 2. The van der Waals surface area contributed by atoms with Crippen LogP contribution in [0.3, 0.4) is 0 Å². The summed E-state index contributed by atoms with van der Waals surface area (Å²) in [7, 11) is 0. The van der Waals surface area contributed by atoms with Crippen LogP contribution in [-0.2, 0) is 52.1 Å². The van der Waals surface area contributed by atoms with Gasteiger partial charge in [-0.3, -0.25) is 14.5 Å². The summed E-state index contributed by atoms with van der Waals surface area (Å²) >= 11 is 0. The molecule has 14 nitrogen and oxygen atoms in total. The molecule has 14 heteroatoms. The Hall–Kier alpha value is -2.08. The first-order chi connectivity index (χ1) is 22.8. The number of carbonyl (C=O) groups excluding carboxylic acids is 2. The molecule has 1 aromatic rings. The van der Waals surface area contributed by atoms with E-state index in [1.807, 2.05) is 6.92 Å². The van der Waals surface area contributed by atoms with E-state index in [0.29, 0.717) is 150 Å². The second kappa shape index (κ2) is 29.1. The van der Waals surface area contributed by atoms with E-state index in [1.165, 1.54) is 4.90 Å². The van der Waals surface area contributed by atoms with Crippen molar-refractivity contribution in [2.24, 2.45) is 0 Å². The maximum absolute atomic E-state index is 12.3. The molecule has 0 unspecified atom stereocenters. The number of nitrogens with zero attached hydrogens (tertiary/aromatic N) is 1. The summed E-state index contributed by atoms with van der Waals surface area (Å²) in [5, 5.41) is 0. The van der Waals surface area contributed by atoms with Gasteiger partial charge in [0.05, 0.1) is 156 Å². The van der Waals surface area contributed by atoms with E-state index < -0.39 is 0 Å². The number of hydrogen-bond acceptors (Lipinski definition) is 13. The van der Waals surface area contributed by atoms with Crippen molar-refractivity contribution in [3.05, 3.63) is 35.4 Å². The fraction of sp³-hybridized carbons (Fsp3) is 0.750. The highest BCUT2D eigenvalue weighted by Gasteiger charge is 2.34. The fourth-order valence-corrected chi connectivity index (χ4v) is 3.94. The molecule has 1 aliphatic rings. The Bertz CT molecular complexity index is 856. The van der Waals surface area contributed by atoms with E-state index in [1.54, 1.807) is 24.3 Å². The first kappa shape index (κ1) is 40.1. The fourth-order valence-electron chi connectivity index (χ4n) is 3.94. The smallest absolute Gasteiger partial charge is 0.261 e. The number of rotatable bonds is 34. The van der Waals surface area contributed by atoms with Gasteiger partial charge in [-0.1, -0.05) is 12.1 Å². The zero-order valence-corrected chi connectivity index (χ0v) is 27.3. The van der Waals surface area contributed by atoms with Crippen LogP contribution < -0.4 is 0 Å². The number of fused-ring (bicyclic) bond motifs is 1. The molecule has 0 saturated heterocycles. The Labute approximate surface area is 272 Å². The van der Waals surface area contributed by atoms with Gasteiger partial charge in [0.15, 0.2) is 0 Å². The average molecular weight is 660 g/mol. The minimum atomic E-state index is -0.277. The van der Waals surface area contributed by atoms with Crippen LogP contribution in [0.15, 0.2) is 24.3 Å². The molecule has 0 radical (unpaired) electrons. The topological polar surface area (TPSA) is 139 Å². The van der Waals surface area contributed by atoms with E-state index in [0.717, 1.165) is 0 Å². The summed E-state index contributed by atoms with van der Waals surface area (Å²) < 4.78 is 59.7. The number of benzene rings is 1. The second-order valence-corrected chi connectivity index (χ2v) is 9.63. The van der Waals surface area contributed by atoms with Crippen molar-refractivity contribution in [3.8, 4) is 0 Å². The van der Waals surface area contributed by atoms with Crippen molar-refractivity contribution in [2.45, 2.75) is 6.92 Å². The molecule has 0 fully saturated rings. The van der Waals surface area contributed by atoms with Crippen LogP contribution in [0.1, 0.15) is 27.6 Å². The molecular formula is C32H53NO13. The molecule has 2 amide bonds. The molecule has 1 aliphatic heterocycles. The molecule has 0 spiro atoms. The molecular weight excluding hydrogens is 606 g/mol. The number of hydrogen-bond donors (Lipinski definition) is 0. The quantitative estimate of drug-likeness (QED) is 0.0781. The van der Waals surface area contributed by atoms with Gasteiger partial charge in [0.25, 0.3) is 11.8 Å². The van der Waals surface area contributed by atoms with Gasteiger partial charge in [-0.15, -0.1) is 0 Å². The lowest BCUT2D eigenvalue weighted by Crippen LogP contribution is -2.33. The van der Waals surface area contributed by atoms with Crippen LogP contribution in [0.2, 0.25) is 0 Å². The van der Waals surface area contributed by atoms with E-state index in [4.69, 9.17) is 52.1 Å². The predicted molar refractivity (Wildman–Crippen MR) is 166 cm³/mol. The van der Waals surface area contributed by atoms with Crippen molar-refractivity contribution < 1.29 is 61.7 Å². The normalized spacial score (nSPS) is 12.8. The summed E-state index contributed by atoms with van der Waals surface area (Å²) in [6.07, 6.45) is 0. The Kier molecular flexibility index (Phi) is 25.4. The molecule has 0 aliphatic carbocycles. The van der Waals surface area contributed by atoms with Gasteiger partial charge in [0, 0.05) is 6.61 Å². The Morgan fingerprint density at radius 1 is 0.391 bits per heavy atom. The summed E-state index contributed by atoms with van der Waals surface area (Å²) in [6.45, 7) is 13.0. The highest BCUT2D eigenvalue weighted by atomic mass is 16.6. The highest BCUT2D eigenvalue weighted by molar-refractivity contribution is 6.21. The molecule has 264 valence electrons. The third-order valence-corrected chi connectivity index (χ3v) is 6.26. The second-order valence-electron chi connectivity index (χ2n) is 9.63. The Morgan fingerprint density at radius 2 is 0.630 bits per heavy atom. The largest absolute Gasteiger partial charge is 0.379 e. The molecule has 2 rings (SSSR count). The predicted octanol–water partition coefficient (Wildman–Crippen LogP) is 1.49. The third-order valence-electron chi connectivity index (χ3n) is 6.26. The van der Waals surface area contributed by atoms with Crippen LogP contribution in [0.4, 0.5) is 0 Å². The summed E-state index contributed by atoms with van der Waals surface area (Å²) in [5.41, 5.74) is 0.885. The van der Waals surface area contributed by atoms with Gasteiger partial charge >= 0.3 is 0 Å². The minimum Gasteiger partial charge on any atom is -0.379 e. The van der Waals surface area contributed by atoms with Crippen LogP contribution >= 0.6 is 0 Å². The van der Waals surface area contributed by atoms with Crippen molar-refractivity contribution in [2.75, 3.05) is 152 Å². The van der Waals surface area contributed by atoms with Crippen LogP contribution in [0, 0.1) is 0 Å². The lowest BCUT2D eigenvalue weighted by molar-refractivity contribution is -0.0274. The Morgan fingerprint density at radius 3 is 0.891 bits per heavy atom. The number of carbonyl (C=O) groups is 2. The highest BCUT2D eigenvalue weighted by Crippen LogP contribution is 2.21. The monoisotopic (exact) mass is 659 g/mol. The van der Waals surface area contributed by atoms with E-state index in [-0.39, 0.29) is 25.0 Å². The Balaban J connectivity index is 1.18. The molecule has 0 bridgehead atoms. The number of ether oxygens (including phenoxy) is 11. The molecule has 1 aromatic carbocycles. The van der Waals surface area contributed by atoms with Gasteiger partial charge in [0.2, 0.25) is 0 Å². The van der Waals surface area contributed by atoms with E-state index >= 15 is 0 Å². The molecule has 0 N–H and O–H groups in total. The zero-order chi connectivity index (χ0) is 32.8. The van der Waals surface area contributed by atoms with Gasteiger partial charge in [-0.2, -0.15) is 0 Å². The minimum absolute atomic E-state index is 0.215. The molecule has 0 saturated carbocycles. The summed E-state index contributed by atoms with van der Waals surface area (Å²) in [4.78, 5) is 25.8. The van der Waals surface area contributed by atoms with Crippen molar-refractivity contribution >= 4 is 11.8 Å². The zero-order valence-electron chi connectivity index (χ0n) is 27.3. The molecule has 0 aromatic heterocycles. The van der Waals surface area contributed by atoms with E-state index in [9.17, 15) is 9.59 Å². The lowest BCUT2D eigenvalue weighted by Gasteiger charge is -2.13.